The van der Waals surface area contributed by atoms with Crippen LogP contribution in [0.4, 0.5) is 0 Å². The molecule has 1 nitrogen and oxygen atoms in total. The van der Waals surface area contributed by atoms with Crippen LogP contribution >= 0.6 is 15.9 Å². The molecule has 112 valence electrons. The van der Waals surface area contributed by atoms with Crippen molar-refractivity contribution in [2.45, 2.75) is 40.7 Å². The van der Waals surface area contributed by atoms with Gasteiger partial charge in [-0.3, -0.25) is 0 Å². The molecule has 0 aliphatic rings. The molecule has 1 atom stereocenters. The van der Waals surface area contributed by atoms with E-state index in [9.17, 15) is 0 Å². The molecule has 0 saturated carbocycles. The van der Waals surface area contributed by atoms with Crippen molar-refractivity contribution >= 4 is 15.9 Å². The second-order valence-corrected chi connectivity index (χ2v) is 6.72. The predicted octanol–water partition coefficient (Wildman–Crippen LogP) is 5.38. The van der Waals surface area contributed by atoms with Gasteiger partial charge in [0.1, 0.15) is 0 Å². The summed E-state index contributed by atoms with van der Waals surface area (Å²) in [7, 11) is 0. The highest BCUT2D eigenvalue weighted by Crippen LogP contribution is 2.31. The standard InChI is InChI=1S/C19H24BrN/c1-6-21-19(17-8-7-16(20)11-13(17)3)18-14(4)9-12(2)10-15(18)5/h7-11,19,21H,6H2,1-5H3. The third-order valence-electron chi connectivity index (χ3n) is 3.98. The molecule has 0 bridgehead atoms. The van der Waals surface area contributed by atoms with E-state index < -0.39 is 0 Å². The van der Waals surface area contributed by atoms with Crippen LogP contribution in [0.5, 0.6) is 0 Å². The van der Waals surface area contributed by atoms with E-state index in [4.69, 9.17) is 0 Å². The van der Waals surface area contributed by atoms with Crippen molar-refractivity contribution < 1.29 is 0 Å². The van der Waals surface area contributed by atoms with Crippen LogP contribution in [0.25, 0.3) is 0 Å². The van der Waals surface area contributed by atoms with Crippen LogP contribution in [0.15, 0.2) is 34.8 Å². The molecule has 0 aliphatic heterocycles. The number of benzene rings is 2. The fourth-order valence-corrected chi connectivity index (χ4v) is 3.66. The fraction of sp³-hybridized carbons (Fsp3) is 0.368. The minimum atomic E-state index is 0.253. The predicted molar refractivity (Wildman–Crippen MR) is 95.1 cm³/mol. The second-order valence-electron chi connectivity index (χ2n) is 5.80. The van der Waals surface area contributed by atoms with Gasteiger partial charge in [-0.1, -0.05) is 46.6 Å². The highest BCUT2D eigenvalue weighted by Gasteiger charge is 2.19. The van der Waals surface area contributed by atoms with Crippen molar-refractivity contribution in [3.05, 3.63) is 68.2 Å². The zero-order valence-corrected chi connectivity index (χ0v) is 15.1. The summed E-state index contributed by atoms with van der Waals surface area (Å²) in [6, 6.07) is 11.4. The molecule has 0 spiro atoms. The maximum atomic E-state index is 3.66. The SMILES string of the molecule is CCNC(c1ccc(Br)cc1C)c1c(C)cc(C)cc1C. The molecule has 1 N–H and O–H groups in total. The summed E-state index contributed by atoms with van der Waals surface area (Å²) in [6.45, 7) is 11.9. The molecule has 2 aromatic rings. The number of halogens is 1. The Morgan fingerprint density at radius 1 is 0.952 bits per heavy atom. The van der Waals surface area contributed by atoms with Crippen LogP contribution in [-0.2, 0) is 0 Å². The number of hydrogen-bond acceptors (Lipinski definition) is 1. The van der Waals surface area contributed by atoms with Gasteiger partial charge in [0.25, 0.3) is 0 Å². The Hall–Kier alpha value is -1.12. The zero-order chi connectivity index (χ0) is 15.6. The van der Waals surface area contributed by atoms with Crippen molar-refractivity contribution in [3.8, 4) is 0 Å². The minimum Gasteiger partial charge on any atom is -0.307 e. The van der Waals surface area contributed by atoms with E-state index in [1.165, 1.54) is 33.4 Å². The monoisotopic (exact) mass is 345 g/mol. The number of hydrogen-bond donors (Lipinski definition) is 1. The Bertz CT molecular complexity index is 623. The average molecular weight is 346 g/mol. The molecule has 0 radical (unpaired) electrons. The summed E-state index contributed by atoms with van der Waals surface area (Å²) in [5.41, 5.74) is 8.13. The molecule has 0 aromatic heterocycles. The van der Waals surface area contributed by atoms with Gasteiger partial charge in [0.2, 0.25) is 0 Å². The van der Waals surface area contributed by atoms with Gasteiger partial charge in [-0.15, -0.1) is 0 Å². The number of nitrogens with one attached hydrogen (secondary N) is 1. The Balaban J connectivity index is 2.59. The maximum Gasteiger partial charge on any atom is 0.0584 e. The van der Waals surface area contributed by atoms with Gasteiger partial charge in [0, 0.05) is 4.47 Å². The molecule has 0 aliphatic carbocycles. The van der Waals surface area contributed by atoms with Crippen LogP contribution in [0, 0.1) is 27.7 Å². The maximum absolute atomic E-state index is 3.66. The third kappa shape index (κ3) is 3.56. The van der Waals surface area contributed by atoms with E-state index in [0.717, 1.165) is 11.0 Å². The summed E-state index contributed by atoms with van der Waals surface area (Å²) in [5.74, 6) is 0. The van der Waals surface area contributed by atoms with Gasteiger partial charge in [0.15, 0.2) is 0 Å². The highest BCUT2D eigenvalue weighted by atomic mass is 79.9. The fourth-order valence-electron chi connectivity index (χ4n) is 3.18. The van der Waals surface area contributed by atoms with Gasteiger partial charge in [-0.25, -0.2) is 0 Å². The molecule has 1 unspecified atom stereocenters. The van der Waals surface area contributed by atoms with Crippen molar-refractivity contribution in [1.29, 1.82) is 0 Å². The summed E-state index contributed by atoms with van der Waals surface area (Å²) < 4.78 is 1.14. The smallest absolute Gasteiger partial charge is 0.0584 e. The van der Waals surface area contributed by atoms with E-state index in [1.807, 2.05) is 0 Å². The van der Waals surface area contributed by atoms with Gasteiger partial charge < -0.3 is 5.32 Å². The van der Waals surface area contributed by atoms with Crippen molar-refractivity contribution in [2.24, 2.45) is 0 Å². The molecule has 21 heavy (non-hydrogen) atoms. The Morgan fingerprint density at radius 3 is 2.10 bits per heavy atom. The lowest BCUT2D eigenvalue weighted by Crippen LogP contribution is -2.24. The average Bonchev–Trinajstić information content (AvgIpc) is 2.37. The quantitative estimate of drug-likeness (QED) is 0.783. The lowest BCUT2D eigenvalue weighted by Gasteiger charge is -2.25. The van der Waals surface area contributed by atoms with Gasteiger partial charge in [-0.2, -0.15) is 0 Å². The first kappa shape index (κ1) is 16.3. The molecule has 0 amide bonds. The highest BCUT2D eigenvalue weighted by molar-refractivity contribution is 9.10. The van der Waals surface area contributed by atoms with Crippen molar-refractivity contribution in [3.63, 3.8) is 0 Å². The minimum absolute atomic E-state index is 0.253. The number of aryl methyl sites for hydroxylation is 4. The van der Waals surface area contributed by atoms with Crippen LogP contribution in [0.2, 0.25) is 0 Å². The number of rotatable bonds is 4. The molecule has 2 heteroatoms. The Kier molecular flexibility index (Phi) is 5.23. The molecule has 2 aromatic carbocycles. The topological polar surface area (TPSA) is 12.0 Å². The Labute approximate surface area is 136 Å². The van der Waals surface area contributed by atoms with Crippen molar-refractivity contribution in [2.75, 3.05) is 6.54 Å². The van der Waals surface area contributed by atoms with Crippen LogP contribution in [-0.4, -0.2) is 6.54 Å². The van der Waals surface area contributed by atoms with E-state index in [-0.39, 0.29) is 6.04 Å². The largest absolute Gasteiger partial charge is 0.307 e. The lowest BCUT2D eigenvalue weighted by atomic mass is 9.88. The summed E-state index contributed by atoms with van der Waals surface area (Å²) in [6.07, 6.45) is 0. The van der Waals surface area contributed by atoms with Crippen LogP contribution in [0.1, 0.15) is 46.3 Å². The van der Waals surface area contributed by atoms with Gasteiger partial charge in [-0.05, 0) is 74.2 Å². The van der Waals surface area contributed by atoms with E-state index >= 15 is 0 Å². The van der Waals surface area contributed by atoms with E-state index in [0.29, 0.717) is 0 Å². The second kappa shape index (κ2) is 6.76. The van der Waals surface area contributed by atoms with Crippen LogP contribution in [0.3, 0.4) is 0 Å². The third-order valence-corrected chi connectivity index (χ3v) is 4.47. The first-order valence-corrected chi connectivity index (χ1v) is 8.30. The summed E-state index contributed by atoms with van der Waals surface area (Å²) in [4.78, 5) is 0. The van der Waals surface area contributed by atoms with Crippen molar-refractivity contribution in [1.82, 2.24) is 5.32 Å². The normalized spacial score (nSPS) is 12.5. The van der Waals surface area contributed by atoms with Gasteiger partial charge in [0.05, 0.1) is 6.04 Å². The molecule has 0 saturated heterocycles. The molecule has 0 heterocycles. The Morgan fingerprint density at radius 2 is 1.57 bits per heavy atom. The lowest BCUT2D eigenvalue weighted by molar-refractivity contribution is 0.621. The molecular weight excluding hydrogens is 322 g/mol. The summed E-state index contributed by atoms with van der Waals surface area (Å²) in [5, 5.41) is 3.66. The summed E-state index contributed by atoms with van der Waals surface area (Å²) >= 11 is 3.56. The van der Waals surface area contributed by atoms with Gasteiger partial charge >= 0.3 is 0 Å². The van der Waals surface area contributed by atoms with E-state index in [2.05, 4.69) is 86.2 Å². The molecule has 2 rings (SSSR count). The first-order chi connectivity index (χ1) is 9.93. The molecular formula is C19H24BrN. The molecule has 0 fully saturated rings. The zero-order valence-electron chi connectivity index (χ0n) is 13.5. The first-order valence-electron chi connectivity index (χ1n) is 7.51. The van der Waals surface area contributed by atoms with Crippen LogP contribution < -0.4 is 5.32 Å². The van der Waals surface area contributed by atoms with E-state index in [1.54, 1.807) is 0 Å².